The molecule has 0 saturated heterocycles. The van der Waals surface area contributed by atoms with Gasteiger partial charge in [-0.3, -0.25) is 0 Å². The smallest absolute Gasteiger partial charge is 0.252 e. The van der Waals surface area contributed by atoms with E-state index >= 15 is 0 Å². The number of benzene rings is 9. The van der Waals surface area contributed by atoms with Crippen molar-refractivity contribution >= 4 is 89.8 Å². The van der Waals surface area contributed by atoms with Crippen molar-refractivity contribution in [1.82, 2.24) is 4.57 Å². The second-order valence-corrected chi connectivity index (χ2v) is 25.1. The molecular weight excluding hydrogens is 870 g/mol. The highest BCUT2D eigenvalue weighted by molar-refractivity contribution is 7.00. The molecule has 13 rings (SSSR count). The van der Waals surface area contributed by atoms with Crippen molar-refractivity contribution in [3.05, 3.63) is 192 Å². The maximum absolute atomic E-state index is 2.60. The lowest BCUT2D eigenvalue weighted by Gasteiger charge is -2.45. The van der Waals surface area contributed by atoms with E-state index in [1.807, 2.05) is 0 Å². The number of anilines is 6. The standard InChI is InChI=1S/C68H64BN3/c1-65(2,3)42-24-30-46(31-25-42)70-55-35-28-44(67(7,8)9)37-53(55)69-54-38-45(68(10,11)12)29-36-56(54)71(47-32-26-43(27-33-47)66(4,5)6)60-40-48(39-59(70)64(60)69)72-57-22-16-21-52-50-19-14-13-18-49(50)51-20-15-17-41-23-34-58(72)63(61(41)51)62(52)57/h13-40H,1-12H3. The van der Waals surface area contributed by atoms with Crippen LogP contribution in [0.4, 0.5) is 34.1 Å². The Balaban J connectivity index is 1.19. The van der Waals surface area contributed by atoms with Gasteiger partial charge in [0.25, 0.3) is 6.71 Å². The highest BCUT2D eigenvalue weighted by atomic mass is 15.2. The number of aromatic nitrogens is 1. The first kappa shape index (κ1) is 44.6. The summed E-state index contributed by atoms with van der Waals surface area (Å²) in [5.74, 6) is 0. The predicted molar refractivity (Wildman–Crippen MR) is 312 cm³/mol. The van der Waals surface area contributed by atoms with E-state index in [-0.39, 0.29) is 28.4 Å². The molecule has 0 fully saturated rings. The Kier molecular flexibility index (Phi) is 9.37. The van der Waals surface area contributed by atoms with Crippen molar-refractivity contribution < 1.29 is 0 Å². The molecule has 3 aliphatic rings. The summed E-state index contributed by atoms with van der Waals surface area (Å²) in [4.78, 5) is 5.19. The monoisotopic (exact) mass is 934 g/mol. The molecule has 1 aliphatic carbocycles. The average molecular weight is 934 g/mol. The second kappa shape index (κ2) is 15.1. The third-order valence-electron chi connectivity index (χ3n) is 16.3. The summed E-state index contributed by atoms with van der Waals surface area (Å²) in [6, 6.07) is 66.2. The van der Waals surface area contributed by atoms with Gasteiger partial charge < -0.3 is 14.4 Å². The van der Waals surface area contributed by atoms with Crippen LogP contribution in [-0.4, -0.2) is 11.3 Å². The van der Waals surface area contributed by atoms with E-state index in [9.17, 15) is 0 Å². The van der Waals surface area contributed by atoms with Gasteiger partial charge in [-0.15, -0.1) is 0 Å². The first-order valence-corrected chi connectivity index (χ1v) is 26.1. The summed E-state index contributed by atoms with van der Waals surface area (Å²) in [7, 11) is 0. The molecule has 0 saturated carbocycles. The van der Waals surface area contributed by atoms with Gasteiger partial charge in [0.2, 0.25) is 0 Å². The third kappa shape index (κ3) is 6.56. The average Bonchev–Trinajstić information content (AvgIpc) is 3.63. The zero-order valence-corrected chi connectivity index (χ0v) is 44.1. The predicted octanol–water partition coefficient (Wildman–Crippen LogP) is 16.9. The molecule has 2 aliphatic heterocycles. The van der Waals surface area contributed by atoms with E-state index in [0.29, 0.717) is 0 Å². The van der Waals surface area contributed by atoms with Crippen molar-refractivity contribution in [2.75, 3.05) is 9.80 Å². The van der Waals surface area contributed by atoms with Crippen molar-refractivity contribution in [2.24, 2.45) is 0 Å². The molecular formula is C68H64BN3. The summed E-state index contributed by atoms with van der Waals surface area (Å²) in [5, 5.41) is 5.22. The van der Waals surface area contributed by atoms with Crippen LogP contribution in [0, 0.1) is 0 Å². The van der Waals surface area contributed by atoms with E-state index in [1.54, 1.807) is 0 Å². The fourth-order valence-electron chi connectivity index (χ4n) is 12.4. The first-order chi connectivity index (χ1) is 34.3. The van der Waals surface area contributed by atoms with Gasteiger partial charge in [0, 0.05) is 44.9 Å². The molecule has 0 unspecified atom stereocenters. The SMILES string of the molecule is CC(C)(C)c1ccc(N2c3ccc(C(C)(C)C)cc3B3c4cc(C(C)(C)C)ccc4N(c4ccc(C(C)(C)C)cc4)c4cc(-n5c6cccc7c6c6c8c(cccc8ccc65)-c5ccccc5-7)cc2c43)cc1. The normalized spacial score (nSPS) is 14.0. The highest BCUT2D eigenvalue weighted by Gasteiger charge is 2.45. The molecule has 0 atom stereocenters. The number of rotatable bonds is 3. The Hall–Kier alpha value is -7.30. The van der Waals surface area contributed by atoms with Crippen LogP contribution in [0.15, 0.2) is 170 Å². The van der Waals surface area contributed by atoms with Crippen molar-refractivity contribution in [1.29, 1.82) is 0 Å². The molecule has 0 spiro atoms. The number of hydrogen-bond donors (Lipinski definition) is 0. The lowest BCUT2D eigenvalue weighted by Crippen LogP contribution is -2.61. The molecule has 4 heteroatoms. The molecule has 0 bridgehead atoms. The fraction of sp³-hybridized carbons (Fsp3) is 0.235. The quantitative estimate of drug-likeness (QED) is 0.164. The number of hydrogen-bond acceptors (Lipinski definition) is 2. The molecule has 3 heterocycles. The van der Waals surface area contributed by atoms with Gasteiger partial charge in [-0.2, -0.15) is 0 Å². The van der Waals surface area contributed by atoms with Crippen LogP contribution >= 0.6 is 0 Å². The number of fused-ring (bicyclic) bond motifs is 7. The van der Waals surface area contributed by atoms with Gasteiger partial charge in [-0.05, 0) is 154 Å². The summed E-state index contributed by atoms with van der Waals surface area (Å²) in [6.45, 7) is 27.9. The van der Waals surface area contributed by atoms with Crippen LogP contribution in [0.1, 0.15) is 105 Å². The summed E-state index contributed by atoms with van der Waals surface area (Å²) in [6.07, 6.45) is 0. The minimum atomic E-state index is -0.0463. The Labute approximate surface area is 426 Å². The largest absolute Gasteiger partial charge is 0.311 e. The van der Waals surface area contributed by atoms with Crippen LogP contribution in [0.25, 0.3) is 60.5 Å². The molecule has 354 valence electrons. The Morgan fingerprint density at radius 1 is 0.319 bits per heavy atom. The minimum Gasteiger partial charge on any atom is -0.311 e. The molecule has 9 aromatic carbocycles. The molecule has 3 nitrogen and oxygen atoms in total. The molecule has 10 aromatic rings. The van der Waals surface area contributed by atoms with E-state index in [2.05, 4.69) is 267 Å². The van der Waals surface area contributed by atoms with Crippen molar-refractivity contribution in [3.8, 4) is 27.9 Å². The summed E-state index contributed by atoms with van der Waals surface area (Å²) >= 11 is 0. The fourth-order valence-corrected chi connectivity index (χ4v) is 12.4. The van der Waals surface area contributed by atoms with Crippen LogP contribution in [0.3, 0.4) is 0 Å². The zero-order chi connectivity index (χ0) is 50.0. The van der Waals surface area contributed by atoms with E-state index in [4.69, 9.17) is 0 Å². The van der Waals surface area contributed by atoms with E-state index in [0.717, 1.165) is 17.1 Å². The van der Waals surface area contributed by atoms with E-state index < -0.39 is 0 Å². The summed E-state index contributed by atoms with van der Waals surface area (Å²) in [5.41, 5.74) is 25.2. The van der Waals surface area contributed by atoms with Gasteiger partial charge in [-0.25, -0.2) is 0 Å². The van der Waals surface area contributed by atoms with Crippen LogP contribution < -0.4 is 26.2 Å². The molecule has 0 radical (unpaired) electrons. The van der Waals surface area contributed by atoms with Gasteiger partial charge in [0.15, 0.2) is 0 Å². The third-order valence-corrected chi connectivity index (χ3v) is 16.3. The van der Waals surface area contributed by atoms with Crippen LogP contribution in [0.2, 0.25) is 0 Å². The van der Waals surface area contributed by atoms with Gasteiger partial charge in [0.05, 0.1) is 16.7 Å². The lowest BCUT2D eigenvalue weighted by atomic mass is 9.33. The maximum Gasteiger partial charge on any atom is 0.252 e. The molecule has 72 heavy (non-hydrogen) atoms. The minimum absolute atomic E-state index is 0.0180. The van der Waals surface area contributed by atoms with Gasteiger partial charge in [-0.1, -0.05) is 192 Å². The Bertz CT molecular complexity index is 3750. The van der Waals surface area contributed by atoms with Gasteiger partial charge in [0.1, 0.15) is 0 Å². The van der Waals surface area contributed by atoms with Crippen LogP contribution in [0.5, 0.6) is 0 Å². The van der Waals surface area contributed by atoms with Crippen LogP contribution in [-0.2, 0) is 21.7 Å². The topological polar surface area (TPSA) is 11.4 Å². The van der Waals surface area contributed by atoms with E-state index in [1.165, 1.54) is 116 Å². The lowest BCUT2D eigenvalue weighted by molar-refractivity contribution is 0.590. The second-order valence-electron chi connectivity index (χ2n) is 25.1. The number of nitrogens with zero attached hydrogens (tertiary/aromatic N) is 3. The summed E-state index contributed by atoms with van der Waals surface area (Å²) < 4.78 is 2.59. The van der Waals surface area contributed by atoms with Gasteiger partial charge >= 0.3 is 0 Å². The zero-order valence-electron chi connectivity index (χ0n) is 44.1. The Morgan fingerprint density at radius 3 is 1.24 bits per heavy atom. The maximum atomic E-state index is 2.60. The Morgan fingerprint density at radius 2 is 0.750 bits per heavy atom. The first-order valence-electron chi connectivity index (χ1n) is 26.1. The van der Waals surface area contributed by atoms with Crippen molar-refractivity contribution in [2.45, 2.75) is 105 Å². The molecule has 1 aromatic heterocycles. The van der Waals surface area contributed by atoms with Crippen molar-refractivity contribution in [3.63, 3.8) is 0 Å². The highest BCUT2D eigenvalue weighted by Crippen LogP contribution is 2.52. The molecule has 0 amide bonds. The molecule has 0 N–H and O–H groups in total.